The SMILES string of the molecule is Cc1cc2c(cc1O)CN1C(=S)N(CCc3ccc(Cl)cc3)C(=O)C1C2.Cc1ccc(CCCC(=O)CCCc2ccc(O)c(O)c2)cc1.Cc1ccc(CCCC(=O)N2CCc3cc(O)c(O)cc3C2)cc1.O=C1/C(=C/c2ccccc2)CN(C(=O)c2ccc(OCCN3CCOCC3)cc2)C/C1=C\c1ccccc1. The van der Waals surface area contributed by atoms with Gasteiger partial charge < -0.3 is 49.7 Å². The van der Waals surface area contributed by atoms with E-state index in [1.165, 1.54) is 28.3 Å². The Balaban J connectivity index is 0.000000150. The Labute approximate surface area is 661 Å². The Morgan fingerprint density at radius 2 is 1.05 bits per heavy atom. The van der Waals surface area contributed by atoms with Gasteiger partial charge in [-0.25, -0.2) is 0 Å². The lowest BCUT2D eigenvalue weighted by Crippen LogP contribution is -2.41. The van der Waals surface area contributed by atoms with Gasteiger partial charge in [0.2, 0.25) is 5.91 Å². The molecule has 5 aliphatic rings. The summed E-state index contributed by atoms with van der Waals surface area (Å²) in [6.07, 6.45) is 12.6. The molecule has 0 spiro atoms. The predicted octanol–water partition coefficient (Wildman–Crippen LogP) is 15.7. The van der Waals surface area contributed by atoms with Gasteiger partial charge in [0, 0.05) is 93.2 Å². The van der Waals surface area contributed by atoms with Crippen molar-refractivity contribution in [1.29, 1.82) is 0 Å². The van der Waals surface area contributed by atoms with Gasteiger partial charge in [0.25, 0.3) is 11.8 Å². The fraction of sp³-hybridized carbons (Fsp3) is 0.304. The highest BCUT2D eigenvalue weighted by molar-refractivity contribution is 7.80. The number of ketones is 2. The molecule has 3 amide bonds. The van der Waals surface area contributed by atoms with E-state index in [2.05, 4.69) is 67.3 Å². The number of fused-ring (bicyclic) bond motifs is 3. The van der Waals surface area contributed by atoms with Crippen molar-refractivity contribution in [2.75, 3.05) is 65.6 Å². The number of carbonyl (C=O) groups is 5. The number of hydrogen-bond acceptors (Lipinski definition) is 14. The molecule has 3 saturated heterocycles. The van der Waals surface area contributed by atoms with E-state index in [4.69, 9.17) is 33.3 Å². The van der Waals surface area contributed by atoms with Gasteiger partial charge in [-0.05, 0) is 224 Å². The second-order valence-electron chi connectivity index (χ2n) is 29.0. The Morgan fingerprint density at radius 1 is 0.523 bits per heavy atom. The maximum atomic E-state index is 13.5. The summed E-state index contributed by atoms with van der Waals surface area (Å²) in [6, 6.07) is 62.8. The van der Waals surface area contributed by atoms with Gasteiger partial charge in [0.15, 0.2) is 33.9 Å². The van der Waals surface area contributed by atoms with Crippen molar-refractivity contribution in [3.05, 3.63) is 294 Å². The number of likely N-dealkylation sites (tertiary alicyclic amines) is 1. The van der Waals surface area contributed by atoms with E-state index in [1.54, 1.807) is 52.3 Å². The first-order chi connectivity index (χ1) is 53.7. The number of morpholine rings is 1. The van der Waals surface area contributed by atoms with Crippen molar-refractivity contribution in [3.63, 3.8) is 0 Å². The minimum atomic E-state index is -0.232. The van der Waals surface area contributed by atoms with Gasteiger partial charge in [0.1, 0.15) is 29.9 Å². The van der Waals surface area contributed by atoms with E-state index in [9.17, 15) is 49.5 Å². The lowest BCUT2D eigenvalue weighted by atomic mass is 9.93. The number of halogens is 1. The molecule has 111 heavy (non-hydrogen) atoms. The summed E-state index contributed by atoms with van der Waals surface area (Å²) in [6.45, 7) is 13.7. The number of nitrogens with zero attached hydrogens (tertiary/aromatic N) is 5. The van der Waals surface area contributed by atoms with E-state index in [0.29, 0.717) is 103 Å². The monoisotopic (exact) mass is 1530 g/mol. The largest absolute Gasteiger partial charge is 0.508 e. The molecular formula is C92H98ClN5O12S. The second kappa shape index (κ2) is 39.7. The van der Waals surface area contributed by atoms with Crippen LogP contribution in [0.2, 0.25) is 5.02 Å². The van der Waals surface area contributed by atoms with Crippen LogP contribution in [0.4, 0.5) is 0 Å². The number of amides is 3. The zero-order valence-corrected chi connectivity index (χ0v) is 64.9. The number of Topliss-reactive ketones (excluding diaryl/α,β-unsaturated/α-hetero) is 2. The number of rotatable bonds is 22. The number of aromatic hydroxyl groups is 5. The minimum Gasteiger partial charge on any atom is -0.508 e. The molecule has 576 valence electrons. The maximum Gasteiger partial charge on any atom is 0.254 e. The van der Waals surface area contributed by atoms with E-state index >= 15 is 0 Å². The zero-order valence-electron chi connectivity index (χ0n) is 63.4. The Morgan fingerprint density at radius 3 is 1.64 bits per heavy atom. The number of piperidine rings is 1. The van der Waals surface area contributed by atoms with Gasteiger partial charge >= 0.3 is 0 Å². The number of aryl methyl sites for hydroxylation is 6. The number of hydrogen-bond donors (Lipinski definition) is 5. The molecule has 0 aromatic heterocycles. The van der Waals surface area contributed by atoms with Crippen LogP contribution in [-0.4, -0.2) is 156 Å². The zero-order chi connectivity index (χ0) is 78.3. The number of ether oxygens (including phenoxy) is 2. The maximum absolute atomic E-state index is 13.5. The normalized spacial score (nSPS) is 16.0. The second-order valence-corrected chi connectivity index (χ2v) is 29.8. The lowest BCUT2D eigenvalue weighted by molar-refractivity contribution is -0.132. The molecular weight excluding hydrogens is 1430 g/mol. The van der Waals surface area contributed by atoms with Crippen LogP contribution in [0.5, 0.6) is 34.5 Å². The van der Waals surface area contributed by atoms with Crippen LogP contribution in [0.3, 0.4) is 0 Å². The topological polar surface area (TPSA) is 221 Å². The van der Waals surface area contributed by atoms with Crippen molar-refractivity contribution in [1.82, 2.24) is 24.5 Å². The van der Waals surface area contributed by atoms with Crippen LogP contribution in [0, 0.1) is 20.8 Å². The molecule has 9 aromatic carbocycles. The predicted molar refractivity (Wildman–Crippen MR) is 439 cm³/mol. The van der Waals surface area contributed by atoms with Crippen molar-refractivity contribution < 1.29 is 59.0 Å². The molecule has 5 heterocycles. The third-order valence-corrected chi connectivity index (χ3v) is 21.3. The van der Waals surface area contributed by atoms with Gasteiger partial charge in [0.05, 0.1) is 26.3 Å². The summed E-state index contributed by atoms with van der Waals surface area (Å²) in [5, 5.41) is 49.2. The van der Waals surface area contributed by atoms with Gasteiger partial charge in [-0.15, -0.1) is 0 Å². The summed E-state index contributed by atoms with van der Waals surface area (Å²) < 4.78 is 11.3. The van der Waals surface area contributed by atoms with Crippen LogP contribution in [0.15, 0.2) is 211 Å². The third-order valence-electron chi connectivity index (χ3n) is 20.6. The molecule has 5 aliphatic heterocycles. The number of phenols is 5. The van der Waals surface area contributed by atoms with E-state index in [0.717, 1.165) is 134 Å². The number of thiocarbonyl (C=S) groups is 1. The molecule has 17 nitrogen and oxygen atoms in total. The highest BCUT2D eigenvalue weighted by Crippen LogP contribution is 2.36. The number of carbonyl (C=O) groups excluding carboxylic acids is 5. The quantitative estimate of drug-likeness (QED) is 0.0242. The summed E-state index contributed by atoms with van der Waals surface area (Å²) in [7, 11) is 0. The molecule has 0 bridgehead atoms. The van der Waals surface area contributed by atoms with Gasteiger partial charge in [-0.1, -0.05) is 156 Å². The first-order valence-corrected chi connectivity index (χ1v) is 39.0. The van der Waals surface area contributed by atoms with E-state index < -0.39 is 0 Å². The van der Waals surface area contributed by atoms with Crippen LogP contribution < -0.4 is 4.74 Å². The average Bonchev–Trinajstić information content (AvgIpc) is 1.63. The van der Waals surface area contributed by atoms with E-state index in [-0.39, 0.29) is 65.6 Å². The summed E-state index contributed by atoms with van der Waals surface area (Å²) in [5.74, 6) is 0.972. The van der Waals surface area contributed by atoms with Crippen molar-refractivity contribution >= 4 is 70.4 Å². The summed E-state index contributed by atoms with van der Waals surface area (Å²) in [4.78, 5) is 73.8. The smallest absolute Gasteiger partial charge is 0.254 e. The van der Waals surface area contributed by atoms with Crippen LogP contribution >= 0.6 is 23.8 Å². The first-order valence-electron chi connectivity index (χ1n) is 38.2. The van der Waals surface area contributed by atoms with Crippen LogP contribution in [0.1, 0.15) is 121 Å². The van der Waals surface area contributed by atoms with Crippen LogP contribution in [0.25, 0.3) is 12.2 Å². The highest BCUT2D eigenvalue weighted by atomic mass is 35.5. The number of benzene rings is 9. The number of phenolic OH excluding ortho intramolecular Hbond substituents is 5. The molecule has 1 atom stereocenters. The fourth-order valence-electron chi connectivity index (χ4n) is 14.1. The molecule has 3 fully saturated rings. The molecule has 19 heteroatoms. The standard InChI is InChI=1S/C32H32N2O4.C20H19ClN2O2S.C20H23NO3.C20H24O3/c35-31-28(21-25-7-3-1-4-8-25)23-34(24-29(31)22-26-9-5-2-6-10-26)32(36)27-11-13-30(14-12-27)38-20-17-33-15-18-37-19-16-33;1-12-8-14-9-17-19(25)22(7-6-13-2-4-16(21)5-3-13)20(26)23(17)11-15(14)10-18(12)24;1-14-5-7-15(8-6-14)3-2-4-20(24)21-10-9-16-11-18(22)19(23)12-17(16)13-21;1-15-8-10-16(11-9-15)4-2-6-18(21)7-3-5-17-12-13-19(22)20(23)14-17/h1-14,21-22H,15-20,23-24H2;2-5,8,10,17,24H,6-7,9,11H2,1H3;5-8,11-12,22-23H,2-4,9-10,13H2,1H3;8-14,22-23H,2-7H2,1H3/b28-21+,29-22+;;;. The molecule has 0 aliphatic carbocycles. The Hall–Kier alpha value is -10.9. The first kappa shape index (κ1) is 81.1. The molecule has 5 N–H and O–H groups in total. The van der Waals surface area contributed by atoms with Crippen molar-refractivity contribution in [2.24, 2.45) is 0 Å². The minimum absolute atomic E-state index is 0.0224. The summed E-state index contributed by atoms with van der Waals surface area (Å²) >= 11 is 11.5. The molecule has 9 aromatic rings. The van der Waals surface area contributed by atoms with Gasteiger partial charge in [-0.2, -0.15) is 0 Å². The third kappa shape index (κ3) is 23.3. The van der Waals surface area contributed by atoms with Crippen molar-refractivity contribution in [2.45, 2.75) is 117 Å². The molecule has 0 saturated carbocycles. The van der Waals surface area contributed by atoms with Gasteiger partial charge in [-0.3, -0.25) is 33.8 Å². The molecule has 14 rings (SSSR count). The van der Waals surface area contributed by atoms with E-state index in [1.807, 2.05) is 132 Å². The fourth-order valence-corrected chi connectivity index (χ4v) is 14.6. The highest BCUT2D eigenvalue weighted by Gasteiger charge is 2.45. The Bertz CT molecular complexity index is 4650. The average molecular weight is 1530 g/mol. The lowest BCUT2D eigenvalue weighted by Gasteiger charge is -2.30. The van der Waals surface area contributed by atoms with Crippen molar-refractivity contribution in [3.8, 4) is 34.5 Å². The molecule has 0 radical (unpaired) electrons. The molecule has 1 unspecified atom stereocenters. The van der Waals surface area contributed by atoms with Crippen LogP contribution in [-0.2, 0) is 75.5 Å². The Kier molecular flexibility index (Phi) is 29.0. The summed E-state index contributed by atoms with van der Waals surface area (Å²) in [5.41, 5.74) is 15.7.